The first-order valence-electron chi connectivity index (χ1n) is 6.85. The summed E-state index contributed by atoms with van der Waals surface area (Å²) in [6.07, 6.45) is 2.03. The van der Waals surface area contributed by atoms with Crippen molar-refractivity contribution in [2.75, 3.05) is 19.4 Å². The molecule has 1 unspecified atom stereocenters. The molecule has 0 amide bonds. The first kappa shape index (κ1) is 15.3. The van der Waals surface area contributed by atoms with E-state index in [1.807, 2.05) is 6.92 Å². The molecule has 0 aliphatic heterocycles. The second-order valence-electron chi connectivity index (χ2n) is 4.99. The molecule has 1 N–H and O–H groups in total. The van der Waals surface area contributed by atoms with Crippen molar-refractivity contribution in [3.05, 3.63) is 30.1 Å². The minimum atomic E-state index is -0.698. The summed E-state index contributed by atoms with van der Waals surface area (Å²) < 4.78 is 18.7. The van der Waals surface area contributed by atoms with Crippen LogP contribution in [0.2, 0.25) is 0 Å². The lowest BCUT2D eigenvalue weighted by atomic mass is 9.95. The zero-order valence-electron chi connectivity index (χ0n) is 11.8. The van der Waals surface area contributed by atoms with Crippen LogP contribution in [0.5, 0.6) is 0 Å². The van der Waals surface area contributed by atoms with Crippen molar-refractivity contribution >= 4 is 17.7 Å². The zero-order valence-corrected chi connectivity index (χ0v) is 12.6. The van der Waals surface area contributed by atoms with E-state index < -0.39 is 5.54 Å². The summed E-state index contributed by atoms with van der Waals surface area (Å²) in [5.41, 5.74) is -0.698. The van der Waals surface area contributed by atoms with Crippen molar-refractivity contribution in [3.63, 3.8) is 0 Å². The Labute approximate surface area is 123 Å². The van der Waals surface area contributed by atoms with Crippen LogP contribution in [-0.2, 0) is 9.53 Å². The molecule has 1 aliphatic carbocycles. The second kappa shape index (κ2) is 6.59. The van der Waals surface area contributed by atoms with Gasteiger partial charge < -0.3 is 10.1 Å². The predicted octanol–water partition coefficient (Wildman–Crippen LogP) is 2.85. The van der Waals surface area contributed by atoms with Gasteiger partial charge in [0.05, 0.1) is 7.11 Å². The van der Waals surface area contributed by atoms with Gasteiger partial charge in [-0.1, -0.05) is 19.1 Å². The van der Waals surface area contributed by atoms with Crippen molar-refractivity contribution < 1.29 is 13.9 Å². The Balaban J connectivity index is 2.15. The van der Waals surface area contributed by atoms with Crippen molar-refractivity contribution in [3.8, 4) is 0 Å². The van der Waals surface area contributed by atoms with E-state index in [9.17, 15) is 9.18 Å². The molecule has 0 radical (unpaired) electrons. The normalized spacial score (nSPS) is 17.6. The van der Waals surface area contributed by atoms with Crippen LogP contribution in [0.4, 0.5) is 4.39 Å². The van der Waals surface area contributed by atoms with Crippen molar-refractivity contribution in [2.24, 2.45) is 5.92 Å². The first-order chi connectivity index (χ1) is 9.64. The number of nitrogens with one attached hydrogen (secondary N) is 1. The summed E-state index contributed by atoms with van der Waals surface area (Å²) in [5, 5.41) is 3.28. The highest BCUT2D eigenvalue weighted by atomic mass is 32.2. The zero-order chi connectivity index (χ0) is 14.6. The van der Waals surface area contributed by atoms with E-state index in [-0.39, 0.29) is 17.7 Å². The van der Waals surface area contributed by atoms with Crippen molar-refractivity contribution in [1.29, 1.82) is 0 Å². The Morgan fingerprint density at radius 1 is 1.50 bits per heavy atom. The van der Waals surface area contributed by atoms with Gasteiger partial charge in [-0.05, 0) is 37.4 Å². The maximum Gasteiger partial charge on any atom is 0.327 e. The maximum atomic E-state index is 13.7. The molecular weight excluding hydrogens is 277 g/mol. The number of benzene rings is 1. The number of hydrogen-bond acceptors (Lipinski definition) is 4. The molecule has 110 valence electrons. The number of carbonyl (C=O) groups excluding carboxylic acids is 1. The minimum absolute atomic E-state index is 0.245. The van der Waals surface area contributed by atoms with Crippen LogP contribution in [0, 0.1) is 11.7 Å². The molecule has 0 aromatic heterocycles. The number of methoxy groups -OCH3 is 1. The fourth-order valence-corrected chi connectivity index (χ4v) is 3.66. The lowest BCUT2D eigenvalue weighted by Gasteiger charge is -2.31. The summed E-state index contributed by atoms with van der Waals surface area (Å²) >= 11 is 1.37. The highest BCUT2D eigenvalue weighted by molar-refractivity contribution is 7.99. The van der Waals surface area contributed by atoms with E-state index in [1.54, 1.807) is 18.2 Å². The van der Waals surface area contributed by atoms with Crippen molar-refractivity contribution in [2.45, 2.75) is 30.2 Å². The molecule has 1 fully saturated rings. The number of likely N-dealkylation sites (N-methyl/N-ethyl adjacent to an activating group) is 1. The topological polar surface area (TPSA) is 38.3 Å². The summed E-state index contributed by atoms with van der Waals surface area (Å²) in [7, 11) is 1.41. The SMILES string of the molecule is CCNC(CSc1ccccc1F)(C(=O)OC)C1CC1. The molecule has 0 spiro atoms. The molecule has 1 aliphatic rings. The second-order valence-corrected chi connectivity index (χ2v) is 6.00. The molecule has 0 saturated heterocycles. The third-order valence-electron chi connectivity index (χ3n) is 3.61. The molecule has 5 heteroatoms. The summed E-state index contributed by atoms with van der Waals surface area (Å²) in [6, 6.07) is 6.64. The molecule has 1 aromatic rings. The van der Waals surface area contributed by atoms with Crippen LogP contribution >= 0.6 is 11.8 Å². The number of rotatable bonds is 7. The quantitative estimate of drug-likeness (QED) is 0.620. The smallest absolute Gasteiger partial charge is 0.327 e. The molecule has 0 bridgehead atoms. The van der Waals surface area contributed by atoms with E-state index in [0.29, 0.717) is 17.2 Å². The Bertz CT molecular complexity index is 479. The Morgan fingerprint density at radius 3 is 2.75 bits per heavy atom. The number of hydrogen-bond donors (Lipinski definition) is 1. The van der Waals surface area contributed by atoms with Crippen LogP contribution in [0.1, 0.15) is 19.8 Å². The van der Waals surface area contributed by atoms with Gasteiger partial charge in [-0.15, -0.1) is 11.8 Å². The average molecular weight is 297 g/mol. The van der Waals surface area contributed by atoms with Gasteiger partial charge in [0.15, 0.2) is 0 Å². The van der Waals surface area contributed by atoms with E-state index in [1.165, 1.54) is 24.9 Å². The van der Waals surface area contributed by atoms with Gasteiger partial charge in [0.2, 0.25) is 0 Å². The molecule has 3 nitrogen and oxygen atoms in total. The lowest BCUT2D eigenvalue weighted by molar-refractivity contribution is -0.148. The largest absolute Gasteiger partial charge is 0.468 e. The highest BCUT2D eigenvalue weighted by Crippen LogP contribution is 2.43. The molecule has 1 saturated carbocycles. The number of halogens is 1. The molecule has 1 atom stereocenters. The van der Waals surface area contributed by atoms with E-state index in [0.717, 1.165) is 12.8 Å². The number of esters is 1. The van der Waals surface area contributed by atoms with E-state index in [2.05, 4.69) is 5.32 Å². The fraction of sp³-hybridized carbons (Fsp3) is 0.533. The third kappa shape index (κ3) is 3.15. The van der Waals surface area contributed by atoms with Crippen LogP contribution < -0.4 is 5.32 Å². The van der Waals surface area contributed by atoms with Gasteiger partial charge in [-0.2, -0.15) is 0 Å². The van der Waals surface area contributed by atoms with Gasteiger partial charge >= 0.3 is 5.97 Å². The fourth-order valence-electron chi connectivity index (χ4n) is 2.44. The highest BCUT2D eigenvalue weighted by Gasteiger charge is 2.51. The Kier molecular flexibility index (Phi) is 5.05. The molecule has 0 heterocycles. The van der Waals surface area contributed by atoms with E-state index >= 15 is 0 Å². The predicted molar refractivity (Wildman–Crippen MR) is 78.3 cm³/mol. The van der Waals surface area contributed by atoms with Crippen LogP contribution in [0.3, 0.4) is 0 Å². The first-order valence-corrected chi connectivity index (χ1v) is 7.83. The Hall–Kier alpha value is -1.07. The monoisotopic (exact) mass is 297 g/mol. The van der Waals surface area contributed by atoms with Gasteiger partial charge in [-0.3, -0.25) is 4.79 Å². The summed E-state index contributed by atoms with van der Waals surface area (Å²) in [4.78, 5) is 12.8. The van der Waals surface area contributed by atoms with Gasteiger partial charge in [0.1, 0.15) is 11.4 Å². The van der Waals surface area contributed by atoms with Gasteiger partial charge in [-0.25, -0.2) is 4.39 Å². The summed E-state index contributed by atoms with van der Waals surface area (Å²) in [5.74, 6) is 0.280. The molecule has 20 heavy (non-hydrogen) atoms. The van der Waals surface area contributed by atoms with Crippen LogP contribution in [0.25, 0.3) is 0 Å². The maximum absolute atomic E-state index is 13.7. The number of ether oxygens (including phenoxy) is 1. The lowest BCUT2D eigenvalue weighted by Crippen LogP contribution is -2.56. The standard InChI is InChI=1S/C15H20FNO2S/c1-3-17-15(11-8-9-11,14(18)19-2)10-20-13-7-5-4-6-12(13)16/h4-7,11,17H,3,8-10H2,1-2H3. The molecule has 2 rings (SSSR count). The average Bonchev–Trinajstić information content (AvgIpc) is 3.29. The minimum Gasteiger partial charge on any atom is -0.468 e. The van der Waals surface area contributed by atoms with E-state index in [4.69, 9.17) is 4.74 Å². The molecule has 1 aromatic carbocycles. The van der Waals surface area contributed by atoms with Gasteiger partial charge in [0.25, 0.3) is 0 Å². The molecular formula is C15H20FNO2S. The third-order valence-corrected chi connectivity index (χ3v) is 4.85. The van der Waals surface area contributed by atoms with Crippen molar-refractivity contribution in [1.82, 2.24) is 5.32 Å². The Morgan fingerprint density at radius 2 is 2.20 bits per heavy atom. The van der Waals surface area contributed by atoms with Gasteiger partial charge in [0, 0.05) is 10.6 Å². The van der Waals surface area contributed by atoms with Crippen LogP contribution in [0.15, 0.2) is 29.2 Å². The summed E-state index contributed by atoms with van der Waals surface area (Å²) in [6.45, 7) is 2.65. The number of thioether (sulfide) groups is 1. The van der Waals surface area contributed by atoms with Crippen LogP contribution in [-0.4, -0.2) is 30.9 Å². The number of carbonyl (C=O) groups is 1.